The molecule has 14 heavy (non-hydrogen) atoms. The van der Waals surface area contributed by atoms with Crippen LogP contribution < -0.4 is 5.32 Å². The molecular formula is C8H11F3N2O. The van der Waals surface area contributed by atoms with E-state index in [1.807, 2.05) is 0 Å². The van der Waals surface area contributed by atoms with Gasteiger partial charge in [-0.15, -0.1) is 0 Å². The molecule has 0 spiro atoms. The smallest absolute Gasteiger partial charge is 0.396 e. The molecule has 0 bridgehead atoms. The van der Waals surface area contributed by atoms with Crippen molar-refractivity contribution in [2.75, 3.05) is 13.6 Å². The van der Waals surface area contributed by atoms with E-state index in [4.69, 9.17) is 4.42 Å². The summed E-state index contributed by atoms with van der Waals surface area (Å²) in [6.07, 6.45) is -3.67. The Hall–Kier alpha value is -1.04. The molecule has 1 N–H and O–H groups in total. The number of hydrogen-bond acceptors (Lipinski definition) is 3. The molecule has 1 aromatic rings. The van der Waals surface area contributed by atoms with Gasteiger partial charge in [0.05, 0.1) is 6.20 Å². The quantitative estimate of drug-likeness (QED) is 0.815. The highest BCUT2D eigenvalue weighted by Crippen LogP contribution is 2.21. The second-order valence-electron chi connectivity index (χ2n) is 2.87. The lowest BCUT2D eigenvalue weighted by Crippen LogP contribution is -2.11. The van der Waals surface area contributed by atoms with Crippen molar-refractivity contribution in [2.45, 2.75) is 19.0 Å². The van der Waals surface area contributed by atoms with Gasteiger partial charge >= 0.3 is 6.18 Å². The van der Waals surface area contributed by atoms with Crippen LogP contribution in [0.3, 0.4) is 0 Å². The van der Waals surface area contributed by atoms with Crippen molar-refractivity contribution >= 4 is 0 Å². The molecular weight excluding hydrogens is 197 g/mol. The van der Waals surface area contributed by atoms with E-state index in [1.165, 1.54) is 0 Å². The number of hydrogen-bond donors (Lipinski definition) is 1. The number of rotatable bonds is 4. The second kappa shape index (κ2) is 4.45. The van der Waals surface area contributed by atoms with Crippen molar-refractivity contribution in [3.8, 4) is 0 Å². The minimum absolute atomic E-state index is 0.136. The summed E-state index contributed by atoms with van der Waals surface area (Å²) >= 11 is 0. The molecule has 80 valence electrons. The summed E-state index contributed by atoms with van der Waals surface area (Å²) < 4.78 is 40.6. The minimum atomic E-state index is -4.24. The van der Waals surface area contributed by atoms with E-state index in [2.05, 4.69) is 10.3 Å². The predicted molar refractivity (Wildman–Crippen MR) is 43.9 cm³/mol. The Morgan fingerprint density at radius 2 is 2.21 bits per heavy atom. The van der Waals surface area contributed by atoms with E-state index in [0.717, 1.165) is 6.20 Å². The molecule has 6 heteroatoms. The van der Waals surface area contributed by atoms with Gasteiger partial charge in [0.1, 0.15) is 12.2 Å². The van der Waals surface area contributed by atoms with Gasteiger partial charge in [0, 0.05) is 13.0 Å². The number of nitrogens with zero attached hydrogens (tertiary/aromatic N) is 1. The van der Waals surface area contributed by atoms with Crippen molar-refractivity contribution in [3.63, 3.8) is 0 Å². The van der Waals surface area contributed by atoms with E-state index in [-0.39, 0.29) is 5.76 Å². The van der Waals surface area contributed by atoms with E-state index >= 15 is 0 Å². The largest absolute Gasteiger partial charge is 0.445 e. The molecule has 0 saturated carbocycles. The van der Waals surface area contributed by atoms with Crippen LogP contribution in [0.4, 0.5) is 13.2 Å². The fourth-order valence-electron chi connectivity index (χ4n) is 0.975. The highest BCUT2D eigenvalue weighted by Gasteiger charge is 2.29. The molecule has 0 unspecified atom stereocenters. The Kier molecular flexibility index (Phi) is 3.51. The first-order valence-corrected chi connectivity index (χ1v) is 4.16. The van der Waals surface area contributed by atoms with Gasteiger partial charge in [-0.1, -0.05) is 0 Å². The van der Waals surface area contributed by atoms with E-state index in [9.17, 15) is 13.2 Å². The van der Waals surface area contributed by atoms with Crippen LogP contribution in [-0.4, -0.2) is 24.8 Å². The van der Waals surface area contributed by atoms with Crippen LogP contribution in [0.5, 0.6) is 0 Å². The lowest BCUT2D eigenvalue weighted by molar-refractivity contribution is -0.130. The van der Waals surface area contributed by atoms with Gasteiger partial charge in [0.2, 0.25) is 0 Å². The number of halogens is 3. The van der Waals surface area contributed by atoms with Crippen LogP contribution in [0.2, 0.25) is 0 Å². The maximum atomic E-state index is 11.9. The first-order chi connectivity index (χ1) is 6.51. The Morgan fingerprint density at radius 3 is 2.79 bits per heavy atom. The van der Waals surface area contributed by atoms with Crippen LogP contribution in [0.15, 0.2) is 10.6 Å². The molecule has 1 aromatic heterocycles. The summed E-state index contributed by atoms with van der Waals surface area (Å²) in [6.45, 7) is 0.631. The van der Waals surface area contributed by atoms with Crippen LogP contribution >= 0.6 is 0 Å². The van der Waals surface area contributed by atoms with Gasteiger partial charge in [-0.25, -0.2) is 4.98 Å². The molecule has 3 nitrogen and oxygen atoms in total. The number of alkyl halides is 3. The summed E-state index contributed by atoms with van der Waals surface area (Å²) in [5, 5.41) is 2.85. The molecule has 1 heterocycles. The van der Waals surface area contributed by atoms with Crippen LogP contribution in [0.25, 0.3) is 0 Å². The number of nitrogens with one attached hydrogen (secondary N) is 1. The summed E-state index contributed by atoms with van der Waals surface area (Å²) in [6, 6.07) is 0. The Balaban J connectivity index is 2.51. The normalized spacial score (nSPS) is 12.0. The van der Waals surface area contributed by atoms with Gasteiger partial charge in [-0.2, -0.15) is 13.2 Å². The van der Waals surface area contributed by atoms with Crippen molar-refractivity contribution < 1.29 is 17.6 Å². The van der Waals surface area contributed by atoms with E-state index < -0.39 is 12.6 Å². The third kappa shape index (κ3) is 3.78. The molecule has 0 aliphatic rings. The van der Waals surface area contributed by atoms with Gasteiger partial charge in [0.25, 0.3) is 0 Å². The number of oxazole rings is 1. The molecule has 0 atom stereocenters. The summed E-state index contributed by atoms with van der Waals surface area (Å²) in [5.74, 6) is 0.196. The van der Waals surface area contributed by atoms with Crippen molar-refractivity contribution in [1.29, 1.82) is 0 Å². The zero-order valence-electron chi connectivity index (χ0n) is 7.69. The summed E-state index contributed by atoms with van der Waals surface area (Å²) in [7, 11) is 1.75. The average molecular weight is 208 g/mol. The first-order valence-electron chi connectivity index (χ1n) is 4.16. The SMILES string of the molecule is CNCCc1ncc(CC(F)(F)F)o1. The second-order valence-corrected chi connectivity index (χ2v) is 2.87. The van der Waals surface area contributed by atoms with Gasteiger partial charge in [0.15, 0.2) is 5.89 Å². The maximum absolute atomic E-state index is 11.9. The zero-order chi connectivity index (χ0) is 10.6. The van der Waals surface area contributed by atoms with Crippen LogP contribution in [-0.2, 0) is 12.8 Å². The van der Waals surface area contributed by atoms with Crippen molar-refractivity contribution in [3.05, 3.63) is 17.8 Å². The van der Waals surface area contributed by atoms with E-state index in [0.29, 0.717) is 18.9 Å². The maximum Gasteiger partial charge on any atom is 0.396 e. The fourth-order valence-corrected chi connectivity index (χ4v) is 0.975. The minimum Gasteiger partial charge on any atom is -0.445 e. The molecule has 0 saturated heterocycles. The summed E-state index contributed by atoms with van der Waals surface area (Å²) in [5.41, 5.74) is 0. The number of likely N-dealkylation sites (N-methyl/N-ethyl adjacent to an activating group) is 1. The Bertz CT molecular complexity index is 282. The standard InChI is InChI=1S/C8H11F3N2O/c1-12-3-2-7-13-5-6(14-7)4-8(9,10)11/h5,12H,2-4H2,1H3. The molecule has 0 aromatic carbocycles. The lowest BCUT2D eigenvalue weighted by atomic mass is 10.3. The highest BCUT2D eigenvalue weighted by molar-refractivity contribution is 4.96. The van der Waals surface area contributed by atoms with Crippen LogP contribution in [0.1, 0.15) is 11.7 Å². The van der Waals surface area contributed by atoms with Gasteiger partial charge in [-0.05, 0) is 7.05 Å². The van der Waals surface area contributed by atoms with Crippen molar-refractivity contribution in [2.24, 2.45) is 0 Å². The van der Waals surface area contributed by atoms with Gasteiger partial charge in [-0.3, -0.25) is 0 Å². The Morgan fingerprint density at radius 1 is 1.50 bits per heavy atom. The van der Waals surface area contributed by atoms with E-state index in [1.54, 1.807) is 7.05 Å². The topological polar surface area (TPSA) is 38.1 Å². The molecule has 0 radical (unpaired) electrons. The molecule has 0 amide bonds. The predicted octanol–water partition coefficient (Wildman–Crippen LogP) is 1.54. The number of aromatic nitrogens is 1. The molecule has 0 aliphatic heterocycles. The van der Waals surface area contributed by atoms with Crippen molar-refractivity contribution in [1.82, 2.24) is 10.3 Å². The first kappa shape index (κ1) is 11.0. The van der Waals surface area contributed by atoms with Crippen LogP contribution in [0, 0.1) is 0 Å². The fraction of sp³-hybridized carbons (Fsp3) is 0.625. The Labute approximate surface area is 79.3 Å². The molecule has 0 aliphatic carbocycles. The third-order valence-electron chi connectivity index (χ3n) is 1.56. The van der Waals surface area contributed by atoms with Gasteiger partial charge < -0.3 is 9.73 Å². The zero-order valence-corrected chi connectivity index (χ0v) is 7.69. The molecule has 1 rings (SSSR count). The third-order valence-corrected chi connectivity index (χ3v) is 1.56. The lowest BCUT2D eigenvalue weighted by Gasteiger charge is -2.01. The average Bonchev–Trinajstić information content (AvgIpc) is 2.46. The summed E-state index contributed by atoms with van der Waals surface area (Å²) in [4.78, 5) is 3.73. The monoisotopic (exact) mass is 208 g/mol. The highest BCUT2D eigenvalue weighted by atomic mass is 19.4. The molecule has 0 fully saturated rings.